The first-order valence-corrected chi connectivity index (χ1v) is 4.42. The van der Waals surface area contributed by atoms with Crippen molar-refractivity contribution in [3.05, 3.63) is 20.8 Å². The molecular weight excluding hydrogens is 186 g/mol. The van der Waals surface area contributed by atoms with E-state index in [4.69, 9.17) is 0 Å². The fourth-order valence-corrected chi connectivity index (χ4v) is 1.42. The summed E-state index contributed by atoms with van der Waals surface area (Å²) in [5, 5.41) is 11.9. The van der Waals surface area contributed by atoms with Crippen molar-refractivity contribution in [3.63, 3.8) is 0 Å². The molecular formula is C7H11N5O2. The monoisotopic (exact) mass is 197 g/mol. The van der Waals surface area contributed by atoms with E-state index in [1.165, 1.54) is 0 Å². The minimum Gasteiger partial charge on any atom is -0.360 e. The Morgan fingerprint density at radius 1 is 1.43 bits per heavy atom. The van der Waals surface area contributed by atoms with Gasteiger partial charge < -0.3 is 10.6 Å². The van der Waals surface area contributed by atoms with Crippen LogP contribution in [0.3, 0.4) is 0 Å². The highest BCUT2D eigenvalue weighted by atomic mass is 16.2. The molecule has 2 rings (SSSR count). The molecule has 0 aliphatic carbocycles. The zero-order valence-electron chi connectivity index (χ0n) is 7.46. The molecule has 0 amide bonds. The number of hydrogen-bond donors (Lipinski definition) is 4. The minimum atomic E-state index is -0.593. The molecule has 1 aliphatic rings. The second-order valence-electron chi connectivity index (χ2n) is 3.19. The third kappa shape index (κ3) is 1.82. The fourth-order valence-electron chi connectivity index (χ4n) is 1.42. The fraction of sp³-hybridized carbons (Fsp3) is 0.571. The molecule has 14 heavy (non-hydrogen) atoms. The molecule has 0 spiro atoms. The first-order chi connectivity index (χ1) is 6.75. The lowest BCUT2D eigenvalue weighted by atomic mass is 10.3. The molecule has 1 fully saturated rings. The van der Waals surface area contributed by atoms with Crippen LogP contribution < -0.4 is 21.9 Å². The molecule has 0 aromatic carbocycles. The summed E-state index contributed by atoms with van der Waals surface area (Å²) in [5.41, 5.74) is -1.08. The minimum absolute atomic E-state index is 0.165. The number of aromatic amines is 2. The molecule has 4 N–H and O–H groups in total. The van der Waals surface area contributed by atoms with Crippen LogP contribution in [0.4, 0.5) is 5.82 Å². The van der Waals surface area contributed by atoms with Gasteiger partial charge in [0.2, 0.25) is 5.82 Å². The van der Waals surface area contributed by atoms with Gasteiger partial charge in [-0.1, -0.05) is 0 Å². The van der Waals surface area contributed by atoms with E-state index < -0.39 is 11.2 Å². The van der Waals surface area contributed by atoms with Crippen LogP contribution in [-0.2, 0) is 0 Å². The van der Waals surface area contributed by atoms with E-state index in [1.54, 1.807) is 0 Å². The Labute approximate surface area is 78.9 Å². The summed E-state index contributed by atoms with van der Waals surface area (Å²) in [7, 11) is 0. The van der Waals surface area contributed by atoms with Gasteiger partial charge in [-0.05, 0) is 13.0 Å². The van der Waals surface area contributed by atoms with Gasteiger partial charge in [0.15, 0.2) is 0 Å². The average Bonchev–Trinajstić information content (AvgIpc) is 2.62. The Morgan fingerprint density at radius 2 is 2.29 bits per heavy atom. The molecule has 1 aromatic heterocycles. The van der Waals surface area contributed by atoms with Gasteiger partial charge in [-0.3, -0.25) is 9.78 Å². The number of anilines is 1. The quantitative estimate of drug-likeness (QED) is 0.449. The van der Waals surface area contributed by atoms with E-state index in [-0.39, 0.29) is 11.9 Å². The van der Waals surface area contributed by atoms with Crippen molar-refractivity contribution in [2.45, 2.75) is 12.5 Å². The number of H-pyrrole nitrogens is 2. The number of nitrogens with one attached hydrogen (secondary N) is 4. The van der Waals surface area contributed by atoms with Gasteiger partial charge in [-0.25, -0.2) is 9.89 Å². The summed E-state index contributed by atoms with van der Waals surface area (Å²) in [6.45, 7) is 1.74. The van der Waals surface area contributed by atoms with Crippen LogP contribution in [0.25, 0.3) is 0 Å². The predicted octanol–water partition coefficient (Wildman–Crippen LogP) is -1.77. The Kier molecular flexibility index (Phi) is 2.32. The molecule has 7 nitrogen and oxygen atoms in total. The van der Waals surface area contributed by atoms with Crippen LogP contribution >= 0.6 is 0 Å². The van der Waals surface area contributed by atoms with E-state index in [0.29, 0.717) is 0 Å². The molecule has 0 radical (unpaired) electrons. The van der Waals surface area contributed by atoms with Gasteiger partial charge in [-0.2, -0.15) is 0 Å². The second-order valence-corrected chi connectivity index (χ2v) is 3.19. The number of nitrogens with zero attached hydrogens (tertiary/aromatic N) is 1. The van der Waals surface area contributed by atoms with Crippen molar-refractivity contribution in [1.82, 2.24) is 20.5 Å². The van der Waals surface area contributed by atoms with Crippen molar-refractivity contribution in [2.24, 2.45) is 0 Å². The van der Waals surface area contributed by atoms with Crippen LogP contribution in [0.5, 0.6) is 0 Å². The molecule has 7 heteroatoms. The lowest BCUT2D eigenvalue weighted by Gasteiger charge is -2.09. The standard InChI is InChI=1S/C7H11N5O2/c13-6-5(11-12-7(14)10-6)9-4-1-2-8-3-4/h4,8H,1-3H2,(H,9,11)(H2,10,12,13,14). The molecule has 1 unspecified atom stereocenters. The normalized spacial score (nSPS) is 21.0. The zero-order chi connectivity index (χ0) is 9.97. The van der Waals surface area contributed by atoms with E-state index in [2.05, 4.69) is 25.8 Å². The molecule has 1 saturated heterocycles. The molecule has 2 heterocycles. The van der Waals surface area contributed by atoms with Gasteiger partial charge in [0, 0.05) is 12.6 Å². The molecule has 0 saturated carbocycles. The Hall–Kier alpha value is -1.63. The molecule has 0 bridgehead atoms. The van der Waals surface area contributed by atoms with Gasteiger partial charge >= 0.3 is 5.69 Å². The van der Waals surface area contributed by atoms with Gasteiger partial charge in [-0.15, -0.1) is 5.10 Å². The van der Waals surface area contributed by atoms with Crippen molar-refractivity contribution in [2.75, 3.05) is 18.4 Å². The maximum Gasteiger partial charge on any atom is 0.342 e. The SMILES string of the molecule is O=c1[nH]nc(NC2CCNC2)c(=O)[nH]1. The second kappa shape index (κ2) is 3.62. The topological polar surface area (TPSA) is 103 Å². The molecule has 1 aliphatic heterocycles. The highest BCUT2D eigenvalue weighted by Gasteiger charge is 2.15. The maximum atomic E-state index is 11.2. The van der Waals surface area contributed by atoms with Crippen molar-refractivity contribution >= 4 is 5.82 Å². The molecule has 1 aromatic rings. The predicted molar refractivity (Wildman–Crippen MR) is 50.4 cm³/mol. The van der Waals surface area contributed by atoms with E-state index >= 15 is 0 Å². The smallest absolute Gasteiger partial charge is 0.342 e. The van der Waals surface area contributed by atoms with Gasteiger partial charge in [0.25, 0.3) is 5.56 Å². The number of hydrogen-bond acceptors (Lipinski definition) is 5. The lowest BCUT2D eigenvalue weighted by Crippen LogP contribution is -2.31. The Balaban J connectivity index is 2.16. The van der Waals surface area contributed by atoms with E-state index in [0.717, 1.165) is 19.5 Å². The van der Waals surface area contributed by atoms with Gasteiger partial charge in [0.05, 0.1) is 0 Å². The third-order valence-electron chi connectivity index (χ3n) is 2.11. The lowest BCUT2D eigenvalue weighted by molar-refractivity contribution is 0.770. The van der Waals surface area contributed by atoms with Crippen LogP contribution in [0.2, 0.25) is 0 Å². The Bertz CT molecular complexity index is 417. The first kappa shape index (κ1) is 8.95. The van der Waals surface area contributed by atoms with E-state index in [1.807, 2.05) is 0 Å². The highest BCUT2D eigenvalue weighted by Crippen LogP contribution is 2.02. The van der Waals surface area contributed by atoms with Crippen molar-refractivity contribution in [3.8, 4) is 0 Å². The summed E-state index contributed by atoms with van der Waals surface area (Å²) < 4.78 is 0. The number of aromatic nitrogens is 3. The summed E-state index contributed by atoms with van der Waals surface area (Å²) >= 11 is 0. The van der Waals surface area contributed by atoms with Gasteiger partial charge in [0.1, 0.15) is 0 Å². The summed E-state index contributed by atoms with van der Waals surface area (Å²) in [5.74, 6) is 0.165. The zero-order valence-corrected chi connectivity index (χ0v) is 7.46. The molecule has 76 valence electrons. The van der Waals surface area contributed by atoms with Crippen LogP contribution in [0.1, 0.15) is 6.42 Å². The molecule has 1 atom stereocenters. The van der Waals surface area contributed by atoms with Crippen LogP contribution in [-0.4, -0.2) is 34.3 Å². The number of rotatable bonds is 2. The van der Waals surface area contributed by atoms with Crippen LogP contribution in [0.15, 0.2) is 9.59 Å². The average molecular weight is 197 g/mol. The maximum absolute atomic E-state index is 11.2. The summed E-state index contributed by atoms with van der Waals surface area (Å²) in [6.07, 6.45) is 0.945. The first-order valence-electron chi connectivity index (χ1n) is 4.42. The van der Waals surface area contributed by atoms with Crippen molar-refractivity contribution in [1.29, 1.82) is 0 Å². The summed E-state index contributed by atoms with van der Waals surface area (Å²) in [6, 6.07) is 0.203. The largest absolute Gasteiger partial charge is 0.360 e. The van der Waals surface area contributed by atoms with Crippen molar-refractivity contribution < 1.29 is 0 Å². The van der Waals surface area contributed by atoms with E-state index in [9.17, 15) is 9.59 Å². The summed E-state index contributed by atoms with van der Waals surface area (Å²) in [4.78, 5) is 24.0. The third-order valence-corrected chi connectivity index (χ3v) is 2.11. The highest BCUT2D eigenvalue weighted by molar-refractivity contribution is 5.30. The van der Waals surface area contributed by atoms with Crippen LogP contribution in [0, 0.1) is 0 Å². The Morgan fingerprint density at radius 3 is 2.93 bits per heavy atom.